The number of halogens is 2. The topological polar surface area (TPSA) is 47.8 Å². The van der Waals surface area contributed by atoms with E-state index in [0.29, 0.717) is 10.9 Å². The second kappa shape index (κ2) is 4.55. The molecule has 0 aliphatic heterocycles. The summed E-state index contributed by atoms with van der Waals surface area (Å²) in [4.78, 5) is 12.3. The molecule has 0 unspecified atom stereocenters. The fourth-order valence-electron chi connectivity index (χ4n) is 1.80. The molecule has 0 atom stereocenters. The van der Waals surface area contributed by atoms with E-state index >= 15 is 0 Å². The fourth-order valence-corrected chi connectivity index (χ4v) is 2.16. The summed E-state index contributed by atoms with van der Waals surface area (Å²) in [7, 11) is 0. The standard InChI is InChI=1S/C13H7BrFN3O/c14-8-5-6-11-9(7-8)13(19)18(17-16-11)12-4-2-1-3-10(12)15/h1-7H. The van der Waals surface area contributed by atoms with Gasteiger partial charge in [-0.1, -0.05) is 33.3 Å². The molecule has 3 rings (SSSR count). The van der Waals surface area contributed by atoms with Crippen LogP contribution < -0.4 is 5.56 Å². The van der Waals surface area contributed by atoms with Gasteiger partial charge in [0.1, 0.15) is 17.0 Å². The average molecular weight is 320 g/mol. The van der Waals surface area contributed by atoms with Gasteiger partial charge in [-0.3, -0.25) is 4.79 Å². The molecule has 0 fully saturated rings. The first kappa shape index (κ1) is 12.0. The Morgan fingerprint density at radius 3 is 2.74 bits per heavy atom. The zero-order valence-electron chi connectivity index (χ0n) is 9.55. The monoisotopic (exact) mass is 319 g/mol. The first-order valence-electron chi connectivity index (χ1n) is 5.47. The van der Waals surface area contributed by atoms with E-state index in [1.807, 2.05) is 0 Å². The van der Waals surface area contributed by atoms with E-state index in [-0.39, 0.29) is 5.69 Å². The van der Waals surface area contributed by atoms with Crippen molar-refractivity contribution in [1.82, 2.24) is 15.0 Å². The zero-order valence-corrected chi connectivity index (χ0v) is 11.1. The van der Waals surface area contributed by atoms with Gasteiger partial charge in [0, 0.05) is 4.47 Å². The highest BCUT2D eigenvalue weighted by molar-refractivity contribution is 9.10. The van der Waals surface area contributed by atoms with E-state index in [4.69, 9.17) is 0 Å². The molecule has 0 aliphatic rings. The van der Waals surface area contributed by atoms with Gasteiger partial charge in [-0.15, -0.1) is 5.10 Å². The number of rotatable bonds is 1. The summed E-state index contributed by atoms with van der Waals surface area (Å²) in [6, 6.07) is 11.0. The summed E-state index contributed by atoms with van der Waals surface area (Å²) in [6.07, 6.45) is 0. The van der Waals surface area contributed by atoms with E-state index in [1.165, 1.54) is 12.1 Å². The molecule has 0 saturated carbocycles. The van der Waals surface area contributed by atoms with Crippen molar-refractivity contribution in [3.63, 3.8) is 0 Å². The highest BCUT2D eigenvalue weighted by Gasteiger charge is 2.10. The van der Waals surface area contributed by atoms with E-state index in [9.17, 15) is 9.18 Å². The lowest BCUT2D eigenvalue weighted by atomic mass is 10.2. The summed E-state index contributed by atoms with van der Waals surface area (Å²) >= 11 is 3.29. The molecule has 4 nitrogen and oxygen atoms in total. The Labute approximate surface area is 115 Å². The van der Waals surface area contributed by atoms with Crippen LogP contribution in [-0.2, 0) is 0 Å². The summed E-state index contributed by atoms with van der Waals surface area (Å²) in [5.74, 6) is -0.520. The van der Waals surface area contributed by atoms with Crippen LogP contribution in [0.1, 0.15) is 0 Å². The SMILES string of the molecule is O=c1c2cc(Br)ccc2nnn1-c1ccccc1F. The lowest BCUT2D eigenvalue weighted by Crippen LogP contribution is -2.23. The van der Waals surface area contributed by atoms with Crippen molar-refractivity contribution < 1.29 is 4.39 Å². The summed E-state index contributed by atoms with van der Waals surface area (Å²) in [6.45, 7) is 0. The van der Waals surface area contributed by atoms with Crippen LogP contribution in [0.4, 0.5) is 4.39 Å². The number of fused-ring (bicyclic) bond motifs is 1. The van der Waals surface area contributed by atoms with Crippen molar-refractivity contribution in [3.05, 3.63) is 63.1 Å². The van der Waals surface area contributed by atoms with Crippen LogP contribution in [-0.4, -0.2) is 15.0 Å². The highest BCUT2D eigenvalue weighted by atomic mass is 79.9. The van der Waals surface area contributed by atoms with Crippen LogP contribution in [0, 0.1) is 5.82 Å². The molecule has 19 heavy (non-hydrogen) atoms. The first-order chi connectivity index (χ1) is 9.16. The van der Waals surface area contributed by atoms with Crippen LogP contribution >= 0.6 is 15.9 Å². The van der Waals surface area contributed by atoms with Gasteiger partial charge in [-0.2, -0.15) is 4.68 Å². The van der Waals surface area contributed by atoms with Crippen LogP contribution in [0.25, 0.3) is 16.6 Å². The largest absolute Gasteiger partial charge is 0.282 e. The molecular formula is C13H7BrFN3O. The van der Waals surface area contributed by atoms with Crippen LogP contribution in [0.2, 0.25) is 0 Å². The number of benzene rings is 2. The summed E-state index contributed by atoms with van der Waals surface area (Å²) in [5, 5.41) is 8.07. The number of para-hydroxylation sites is 1. The van der Waals surface area contributed by atoms with Gasteiger partial charge >= 0.3 is 0 Å². The third-order valence-electron chi connectivity index (χ3n) is 2.70. The third kappa shape index (κ3) is 2.04. The molecule has 0 spiro atoms. The molecule has 0 radical (unpaired) electrons. The normalized spacial score (nSPS) is 10.8. The molecule has 0 amide bonds. The van der Waals surface area contributed by atoms with Crippen molar-refractivity contribution >= 4 is 26.8 Å². The van der Waals surface area contributed by atoms with E-state index in [2.05, 4.69) is 26.2 Å². The van der Waals surface area contributed by atoms with Gasteiger partial charge in [0.25, 0.3) is 5.56 Å². The van der Waals surface area contributed by atoms with Crippen LogP contribution in [0.3, 0.4) is 0 Å². The molecule has 0 bridgehead atoms. The highest BCUT2D eigenvalue weighted by Crippen LogP contribution is 2.15. The lowest BCUT2D eigenvalue weighted by molar-refractivity contribution is 0.598. The number of nitrogens with zero attached hydrogens (tertiary/aromatic N) is 3. The van der Waals surface area contributed by atoms with Crippen LogP contribution in [0.15, 0.2) is 51.7 Å². The lowest BCUT2D eigenvalue weighted by Gasteiger charge is -2.05. The molecule has 6 heteroatoms. The van der Waals surface area contributed by atoms with Gasteiger partial charge in [0.2, 0.25) is 0 Å². The molecule has 94 valence electrons. The first-order valence-corrected chi connectivity index (χ1v) is 6.26. The van der Waals surface area contributed by atoms with Crippen molar-refractivity contribution in [2.24, 2.45) is 0 Å². The Morgan fingerprint density at radius 1 is 1.16 bits per heavy atom. The predicted molar refractivity (Wildman–Crippen MR) is 72.8 cm³/mol. The molecule has 3 aromatic rings. The predicted octanol–water partition coefficient (Wildman–Crippen LogP) is 2.68. The van der Waals surface area contributed by atoms with Crippen molar-refractivity contribution in [1.29, 1.82) is 0 Å². The van der Waals surface area contributed by atoms with Gasteiger partial charge in [-0.25, -0.2) is 4.39 Å². The molecule has 0 aliphatic carbocycles. The second-order valence-electron chi connectivity index (χ2n) is 3.92. The quantitative estimate of drug-likeness (QED) is 0.693. The van der Waals surface area contributed by atoms with Gasteiger partial charge in [0.05, 0.1) is 5.39 Å². The fraction of sp³-hybridized carbons (Fsp3) is 0. The minimum absolute atomic E-state index is 0.0851. The van der Waals surface area contributed by atoms with E-state index in [1.54, 1.807) is 30.3 Å². The van der Waals surface area contributed by atoms with Gasteiger partial charge in [-0.05, 0) is 30.3 Å². The van der Waals surface area contributed by atoms with Crippen molar-refractivity contribution in [2.75, 3.05) is 0 Å². The number of hydrogen-bond donors (Lipinski definition) is 0. The summed E-state index contributed by atoms with van der Waals surface area (Å²) in [5.41, 5.74) is 0.152. The third-order valence-corrected chi connectivity index (χ3v) is 3.20. The molecule has 1 aromatic heterocycles. The van der Waals surface area contributed by atoms with Crippen molar-refractivity contribution in [3.8, 4) is 5.69 Å². The Bertz CT molecular complexity index is 831. The van der Waals surface area contributed by atoms with Gasteiger partial charge in [0.15, 0.2) is 0 Å². The minimum atomic E-state index is -0.520. The molecule has 1 heterocycles. The van der Waals surface area contributed by atoms with Crippen LogP contribution in [0.5, 0.6) is 0 Å². The summed E-state index contributed by atoms with van der Waals surface area (Å²) < 4.78 is 15.4. The molecule has 2 aromatic carbocycles. The second-order valence-corrected chi connectivity index (χ2v) is 4.83. The Hall–Kier alpha value is -2.08. The Morgan fingerprint density at radius 2 is 1.95 bits per heavy atom. The Balaban J connectivity index is 2.35. The Kier molecular flexibility index (Phi) is 2.87. The smallest absolute Gasteiger partial charge is 0.267 e. The number of aromatic nitrogens is 3. The van der Waals surface area contributed by atoms with Gasteiger partial charge < -0.3 is 0 Å². The van der Waals surface area contributed by atoms with Crippen molar-refractivity contribution in [2.45, 2.75) is 0 Å². The number of hydrogen-bond acceptors (Lipinski definition) is 3. The maximum absolute atomic E-state index is 13.7. The van der Waals surface area contributed by atoms with E-state index in [0.717, 1.165) is 9.15 Å². The molecular weight excluding hydrogens is 313 g/mol. The zero-order chi connectivity index (χ0) is 13.4. The average Bonchev–Trinajstić information content (AvgIpc) is 2.41. The minimum Gasteiger partial charge on any atom is -0.267 e. The molecule has 0 N–H and O–H groups in total. The maximum atomic E-state index is 13.7. The maximum Gasteiger partial charge on any atom is 0.282 e. The molecule has 0 saturated heterocycles. The van der Waals surface area contributed by atoms with E-state index < -0.39 is 11.4 Å².